The zero-order valence-electron chi connectivity index (χ0n) is 11.6. The fourth-order valence-corrected chi connectivity index (χ4v) is 3.10. The van der Waals surface area contributed by atoms with Crippen LogP contribution in [0.2, 0.25) is 0 Å². The Balaban J connectivity index is 1.79. The molecule has 0 aromatic carbocycles. The standard InChI is InChI=1S/C14H29N3/c1-13-7-11-17(10-5-8-15-13)12-14-6-3-4-9-16(14)2/h13-15H,3-12H2,1-2H3. The molecule has 2 aliphatic rings. The summed E-state index contributed by atoms with van der Waals surface area (Å²) < 4.78 is 0. The SMILES string of the molecule is CC1CCN(CC2CCCCN2C)CCCN1. The lowest BCUT2D eigenvalue weighted by Gasteiger charge is -2.37. The summed E-state index contributed by atoms with van der Waals surface area (Å²) in [6.45, 7) is 8.66. The van der Waals surface area contributed by atoms with Gasteiger partial charge in [-0.3, -0.25) is 0 Å². The molecule has 0 saturated carbocycles. The lowest BCUT2D eigenvalue weighted by atomic mass is 10.0. The first-order chi connectivity index (χ1) is 8.25. The molecule has 0 radical (unpaired) electrons. The number of rotatable bonds is 2. The second kappa shape index (κ2) is 6.72. The molecule has 2 rings (SSSR count). The Morgan fingerprint density at radius 3 is 2.76 bits per heavy atom. The lowest BCUT2D eigenvalue weighted by Crippen LogP contribution is -2.47. The van der Waals surface area contributed by atoms with E-state index >= 15 is 0 Å². The van der Waals surface area contributed by atoms with Gasteiger partial charge in [-0.25, -0.2) is 0 Å². The summed E-state index contributed by atoms with van der Waals surface area (Å²) in [6, 6.07) is 1.51. The number of piperidine rings is 1. The summed E-state index contributed by atoms with van der Waals surface area (Å²) in [5.74, 6) is 0. The van der Waals surface area contributed by atoms with Crippen molar-refractivity contribution in [2.75, 3.05) is 39.8 Å². The minimum Gasteiger partial charge on any atom is -0.314 e. The second-order valence-corrected chi connectivity index (χ2v) is 5.93. The van der Waals surface area contributed by atoms with Crippen LogP contribution in [0, 0.1) is 0 Å². The van der Waals surface area contributed by atoms with Crippen molar-refractivity contribution in [2.24, 2.45) is 0 Å². The van der Waals surface area contributed by atoms with Gasteiger partial charge in [0.2, 0.25) is 0 Å². The van der Waals surface area contributed by atoms with Crippen LogP contribution in [0.4, 0.5) is 0 Å². The number of hydrogen-bond acceptors (Lipinski definition) is 3. The number of likely N-dealkylation sites (tertiary alicyclic amines) is 1. The van der Waals surface area contributed by atoms with Gasteiger partial charge in [-0.1, -0.05) is 6.42 Å². The van der Waals surface area contributed by atoms with Crippen LogP contribution in [0.5, 0.6) is 0 Å². The maximum atomic E-state index is 3.58. The molecule has 2 unspecified atom stereocenters. The highest BCUT2D eigenvalue weighted by molar-refractivity contribution is 4.79. The molecule has 0 aliphatic carbocycles. The first-order valence-electron chi connectivity index (χ1n) is 7.41. The molecule has 17 heavy (non-hydrogen) atoms. The van der Waals surface area contributed by atoms with Crippen LogP contribution >= 0.6 is 0 Å². The van der Waals surface area contributed by atoms with Crippen molar-refractivity contribution in [1.82, 2.24) is 15.1 Å². The minimum absolute atomic E-state index is 0.696. The normalized spacial score (nSPS) is 34.2. The monoisotopic (exact) mass is 239 g/mol. The number of nitrogens with one attached hydrogen (secondary N) is 1. The van der Waals surface area contributed by atoms with E-state index in [0.717, 1.165) is 6.04 Å². The predicted molar refractivity (Wildman–Crippen MR) is 73.4 cm³/mol. The molecule has 0 amide bonds. The van der Waals surface area contributed by atoms with E-state index < -0.39 is 0 Å². The fraction of sp³-hybridized carbons (Fsp3) is 1.00. The van der Waals surface area contributed by atoms with Gasteiger partial charge in [-0.15, -0.1) is 0 Å². The zero-order chi connectivity index (χ0) is 12.1. The molecule has 0 aromatic heterocycles. The van der Waals surface area contributed by atoms with Crippen LogP contribution in [0.15, 0.2) is 0 Å². The molecule has 2 heterocycles. The van der Waals surface area contributed by atoms with Crippen LogP contribution < -0.4 is 5.32 Å². The van der Waals surface area contributed by atoms with E-state index in [0.29, 0.717) is 6.04 Å². The highest BCUT2D eigenvalue weighted by atomic mass is 15.2. The number of likely N-dealkylation sites (N-methyl/N-ethyl adjacent to an activating group) is 1. The lowest BCUT2D eigenvalue weighted by molar-refractivity contribution is 0.121. The molecular weight excluding hydrogens is 210 g/mol. The first kappa shape index (κ1) is 13.3. The molecule has 2 fully saturated rings. The minimum atomic E-state index is 0.696. The van der Waals surface area contributed by atoms with Crippen molar-refractivity contribution in [3.05, 3.63) is 0 Å². The molecule has 0 bridgehead atoms. The summed E-state index contributed by atoms with van der Waals surface area (Å²) in [5, 5.41) is 3.58. The first-order valence-corrected chi connectivity index (χ1v) is 7.41. The smallest absolute Gasteiger partial charge is 0.0220 e. The fourth-order valence-electron chi connectivity index (χ4n) is 3.10. The summed E-state index contributed by atoms with van der Waals surface area (Å²) in [6.07, 6.45) is 6.84. The van der Waals surface area contributed by atoms with E-state index in [9.17, 15) is 0 Å². The van der Waals surface area contributed by atoms with Gasteiger partial charge in [0.15, 0.2) is 0 Å². The molecule has 3 heteroatoms. The van der Waals surface area contributed by atoms with Gasteiger partial charge in [-0.2, -0.15) is 0 Å². The summed E-state index contributed by atoms with van der Waals surface area (Å²) in [5.41, 5.74) is 0. The third kappa shape index (κ3) is 4.23. The van der Waals surface area contributed by atoms with Gasteiger partial charge >= 0.3 is 0 Å². The molecule has 2 atom stereocenters. The maximum absolute atomic E-state index is 3.58. The van der Waals surface area contributed by atoms with Gasteiger partial charge in [0, 0.05) is 18.6 Å². The quantitative estimate of drug-likeness (QED) is 0.789. The van der Waals surface area contributed by atoms with Crippen LogP contribution in [-0.4, -0.2) is 61.7 Å². The van der Waals surface area contributed by atoms with Gasteiger partial charge in [-0.05, 0) is 65.8 Å². The predicted octanol–water partition coefficient (Wildman–Crippen LogP) is 1.54. The van der Waals surface area contributed by atoms with Crippen LogP contribution in [0.1, 0.15) is 39.0 Å². The third-order valence-electron chi connectivity index (χ3n) is 4.41. The van der Waals surface area contributed by atoms with Gasteiger partial charge in [0.05, 0.1) is 0 Å². The van der Waals surface area contributed by atoms with E-state index in [1.807, 2.05) is 0 Å². The van der Waals surface area contributed by atoms with Crippen LogP contribution in [0.25, 0.3) is 0 Å². The Bertz CT molecular complexity index is 220. The summed E-state index contributed by atoms with van der Waals surface area (Å²) in [4.78, 5) is 5.27. The van der Waals surface area contributed by atoms with Gasteiger partial charge < -0.3 is 15.1 Å². The molecule has 100 valence electrons. The largest absolute Gasteiger partial charge is 0.314 e. The van der Waals surface area contributed by atoms with Crippen molar-refractivity contribution in [3.8, 4) is 0 Å². The van der Waals surface area contributed by atoms with Crippen molar-refractivity contribution in [3.63, 3.8) is 0 Å². The van der Waals surface area contributed by atoms with Gasteiger partial charge in [0.25, 0.3) is 0 Å². The molecule has 2 aliphatic heterocycles. The Morgan fingerprint density at radius 2 is 1.94 bits per heavy atom. The average Bonchev–Trinajstić information content (AvgIpc) is 2.31. The van der Waals surface area contributed by atoms with Gasteiger partial charge in [0.1, 0.15) is 0 Å². The van der Waals surface area contributed by atoms with E-state index in [1.165, 1.54) is 64.8 Å². The molecule has 0 aromatic rings. The Morgan fingerprint density at radius 1 is 1.06 bits per heavy atom. The molecular formula is C14H29N3. The van der Waals surface area contributed by atoms with Crippen molar-refractivity contribution >= 4 is 0 Å². The van der Waals surface area contributed by atoms with Crippen molar-refractivity contribution < 1.29 is 0 Å². The molecule has 1 N–H and O–H groups in total. The van der Waals surface area contributed by atoms with Crippen molar-refractivity contribution in [2.45, 2.75) is 51.1 Å². The highest BCUT2D eigenvalue weighted by Gasteiger charge is 2.22. The van der Waals surface area contributed by atoms with E-state index in [-0.39, 0.29) is 0 Å². The molecule has 2 saturated heterocycles. The Hall–Kier alpha value is -0.120. The number of nitrogens with zero attached hydrogens (tertiary/aromatic N) is 2. The summed E-state index contributed by atoms with van der Waals surface area (Å²) >= 11 is 0. The van der Waals surface area contributed by atoms with Crippen molar-refractivity contribution in [1.29, 1.82) is 0 Å². The topological polar surface area (TPSA) is 18.5 Å². The number of hydrogen-bond donors (Lipinski definition) is 1. The highest BCUT2D eigenvalue weighted by Crippen LogP contribution is 2.16. The van der Waals surface area contributed by atoms with Crippen LogP contribution in [-0.2, 0) is 0 Å². The zero-order valence-corrected chi connectivity index (χ0v) is 11.6. The van der Waals surface area contributed by atoms with Crippen LogP contribution in [0.3, 0.4) is 0 Å². The summed E-state index contributed by atoms with van der Waals surface area (Å²) in [7, 11) is 2.30. The van der Waals surface area contributed by atoms with E-state index in [1.54, 1.807) is 0 Å². The molecule has 3 nitrogen and oxygen atoms in total. The average molecular weight is 239 g/mol. The molecule has 0 spiro atoms. The second-order valence-electron chi connectivity index (χ2n) is 5.93. The van der Waals surface area contributed by atoms with E-state index in [4.69, 9.17) is 0 Å². The Labute approximate surface area is 107 Å². The maximum Gasteiger partial charge on any atom is 0.0220 e. The Kier molecular flexibility index (Phi) is 5.26. The van der Waals surface area contributed by atoms with E-state index in [2.05, 4.69) is 29.1 Å². The third-order valence-corrected chi connectivity index (χ3v) is 4.41.